The SMILES string of the molecule is CC(NCc1nnc2n1CCCC2)C(=O)N1CCOCC1. The van der Waals surface area contributed by atoms with Crippen molar-refractivity contribution in [2.24, 2.45) is 0 Å². The van der Waals surface area contributed by atoms with Crippen molar-refractivity contribution in [2.75, 3.05) is 26.3 Å². The van der Waals surface area contributed by atoms with Gasteiger partial charge in [0.05, 0.1) is 25.8 Å². The fourth-order valence-corrected chi connectivity index (χ4v) is 2.89. The zero-order valence-electron chi connectivity index (χ0n) is 12.5. The lowest BCUT2D eigenvalue weighted by molar-refractivity contribution is -0.137. The van der Waals surface area contributed by atoms with Crippen LogP contribution in [0.15, 0.2) is 0 Å². The molecule has 2 aliphatic rings. The van der Waals surface area contributed by atoms with Gasteiger partial charge in [-0.1, -0.05) is 0 Å². The van der Waals surface area contributed by atoms with E-state index in [1.54, 1.807) is 0 Å². The third kappa shape index (κ3) is 3.24. The van der Waals surface area contributed by atoms with Gasteiger partial charge in [0.2, 0.25) is 5.91 Å². The summed E-state index contributed by atoms with van der Waals surface area (Å²) < 4.78 is 7.46. The van der Waals surface area contributed by atoms with Gasteiger partial charge in [-0.3, -0.25) is 10.1 Å². The summed E-state index contributed by atoms with van der Waals surface area (Å²) in [6, 6.07) is -0.209. The number of amides is 1. The number of morpholine rings is 1. The van der Waals surface area contributed by atoms with E-state index in [4.69, 9.17) is 4.74 Å². The Morgan fingerprint density at radius 3 is 2.90 bits per heavy atom. The molecule has 0 aliphatic carbocycles. The largest absolute Gasteiger partial charge is 0.378 e. The van der Waals surface area contributed by atoms with Crippen molar-refractivity contribution in [2.45, 2.75) is 45.3 Å². The maximum absolute atomic E-state index is 12.3. The van der Waals surface area contributed by atoms with Gasteiger partial charge < -0.3 is 14.2 Å². The molecule has 3 rings (SSSR count). The third-order valence-electron chi connectivity index (χ3n) is 4.20. The number of carbonyl (C=O) groups is 1. The lowest BCUT2D eigenvalue weighted by Crippen LogP contribution is -2.49. The molecular formula is C14H23N5O2. The molecule has 21 heavy (non-hydrogen) atoms. The van der Waals surface area contributed by atoms with Gasteiger partial charge in [-0.25, -0.2) is 0 Å². The predicted octanol–water partition coefficient (Wildman–Crippen LogP) is -0.0487. The highest BCUT2D eigenvalue weighted by molar-refractivity contribution is 5.81. The van der Waals surface area contributed by atoms with E-state index in [-0.39, 0.29) is 11.9 Å². The van der Waals surface area contributed by atoms with Crippen molar-refractivity contribution in [1.29, 1.82) is 0 Å². The minimum Gasteiger partial charge on any atom is -0.378 e. The van der Waals surface area contributed by atoms with Crippen LogP contribution in [0.25, 0.3) is 0 Å². The number of rotatable bonds is 4. The lowest BCUT2D eigenvalue weighted by atomic mass is 10.1. The first-order valence-electron chi connectivity index (χ1n) is 7.76. The quantitative estimate of drug-likeness (QED) is 0.843. The van der Waals surface area contributed by atoms with E-state index in [2.05, 4.69) is 20.1 Å². The highest BCUT2D eigenvalue weighted by Crippen LogP contribution is 2.14. The van der Waals surface area contributed by atoms with Crippen LogP contribution >= 0.6 is 0 Å². The molecule has 7 heteroatoms. The second kappa shape index (κ2) is 6.53. The molecule has 1 amide bonds. The molecule has 0 aromatic carbocycles. The molecule has 1 fully saturated rings. The average molecular weight is 293 g/mol. The molecule has 0 spiro atoms. The highest BCUT2D eigenvalue weighted by Gasteiger charge is 2.23. The number of nitrogens with zero attached hydrogens (tertiary/aromatic N) is 4. The summed E-state index contributed by atoms with van der Waals surface area (Å²) in [7, 11) is 0. The van der Waals surface area contributed by atoms with E-state index >= 15 is 0 Å². The van der Waals surface area contributed by atoms with E-state index in [0.29, 0.717) is 32.8 Å². The Bertz CT molecular complexity index is 496. The molecule has 116 valence electrons. The fourth-order valence-electron chi connectivity index (χ4n) is 2.89. The topological polar surface area (TPSA) is 72.3 Å². The summed E-state index contributed by atoms with van der Waals surface area (Å²) >= 11 is 0. The summed E-state index contributed by atoms with van der Waals surface area (Å²) in [6.45, 7) is 6.13. The molecule has 0 saturated carbocycles. The number of fused-ring (bicyclic) bond motifs is 1. The molecule has 2 aliphatic heterocycles. The zero-order valence-corrected chi connectivity index (χ0v) is 12.5. The van der Waals surface area contributed by atoms with E-state index in [1.165, 1.54) is 12.8 Å². The molecule has 0 radical (unpaired) electrons. The molecule has 7 nitrogen and oxygen atoms in total. The van der Waals surface area contributed by atoms with Gasteiger partial charge in [-0.15, -0.1) is 10.2 Å². The Morgan fingerprint density at radius 2 is 2.10 bits per heavy atom. The first-order valence-corrected chi connectivity index (χ1v) is 7.76. The van der Waals surface area contributed by atoms with Gasteiger partial charge in [0.15, 0.2) is 0 Å². The van der Waals surface area contributed by atoms with Crippen molar-refractivity contribution >= 4 is 5.91 Å². The minimum atomic E-state index is -0.209. The summed E-state index contributed by atoms with van der Waals surface area (Å²) in [6.07, 6.45) is 3.38. The molecule has 1 aromatic heterocycles. The molecule has 1 N–H and O–H groups in total. The van der Waals surface area contributed by atoms with E-state index in [9.17, 15) is 4.79 Å². The molecule has 1 aromatic rings. The molecule has 1 atom stereocenters. The molecule has 1 unspecified atom stereocenters. The smallest absolute Gasteiger partial charge is 0.239 e. The van der Waals surface area contributed by atoms with Crippen molar-refractivity contribution in [3.63, 3.8) is 0 Å². The van der Waals surface area contributed by atoms with Crippen LogP contribution in [0.1, 0.15) is 31.4 Å². The summed E-state index contributed by atoms with van der Waals surface area (Å²) in [5.41, 5.74) is 0. The zero-order chi connectivity index (χ0) is 14.7. The Labute approximate surface area is 124 Å². The van der Waals surface area contributed by atoms with E-state index in [1.807, 2.05) is 11.8 Å². The number of aromatic nitrogens is 3. The normalized spacial score (nSPS) is 20.1. The second-order valence-electron chi connectivity index (χ2n) is 5.68. The Morgan fingerprint density at radius 1 is 1.29 bits per heavy atom. The van der Waals surface area contributed by atoms with Crippen LogP contribution in [0.5, 0.6) is 0 Å². The van der Waals surface area contributed by atoms with Crippen LogP contribution in [-0.4, -0.2) is 57.9 Å². The lowest BCUT2D eigenvalue weighted by Gasteiger charge is -2.29. The maximum Gasteiger partial charge on any atom is 0.239 e. The van der Waals surface area contributed by atoms with Gasteiger partial charge in [0.1, 0.15) is 11.6 Å². The standard InChI is InChI=1S/C14H23N5O2/c1-11(14(20)18-6-8-21-9-7-18)15-10-13-17-16-12-4-2-3-5-19(12)13/h11,15H,2-10H2,1H3. The minimum absolute atomic E-state index is 0.136. The van der Waals surface area contributed by atoms with Crippen molar-refractivity contribution in [3.05, 3.63) is 11.6 Å². The first-order chi connectivity index (χ1) is 10.3. The summed E-state index contributed by atoms with van der Waals surface area (Å²) in [5, 5.41) is 11.8. The summed E-state index contributed by atoms with van der Waals surface area (Å²) in [5.74, 6) is 2.15. The van der Waals surface area contributed by atoms with Crippen LogP contribution in [0.3, 0.4) is 0 Å². The van der Waals surface area contributed by atoms with Crippen LogP contribution in [-0.2, 0) is 29.0 Å². The molecule has 0 bridgehead atoms. The Hall–Kier alpha value is -1.47. The van der Waals surface area contributed by atoms with Gasteiger partial charge in [-0.2, -0.15) is 0 Å². The Balaban J connectivity index is 1.54. The van der Waals surface area contributed by atoms with Crippen molar-refractivity contribution in [1.82, 2.24) is 25.0 Å². The monoisotopic (exact) mass is 293 g/mol. The highest BCUT2D eigenvalue weighted by atomic mass is 16.5. The number of nitrogens with one attached hydrogen (secondary N) is 1. The number of aryl methyl sites for hydroxylation is 1. The average Bonchev–Trinajstić information content (AvgIpc) is 2.96. The Kier molecular flexibility index (Phi) is 4.50. The van der Waals surface area contributed by atoms with Crippen LogP contribution in [0, 0.1) is 0 Å². The van der Waals surface area contributed by atoms with E-state index < -0.39 is 0 Å². The van der Waals surface area contributed by atoms with Crippen LogP contribution in [0.4, 0.5) is 0 Å². The predicted molar refractivity (Wildman–Crippen MR) is 76.7 cm³/mol. The second-order valence-corrected chi connectivity index (χ2v) is 5.68. The molecule has 1 saturated heterocycles. The van der Waals surface area contributed by atoms with Gasteiger partial charge >= 0.3 is 0 Å². The first kappa shape index (κ1) is 14.5. The number of hydrogen-bond donors (Lipinski definition) is 1. The van der Waals surface area contributed by atoms with Crippen LogP contribution in [0.2, 0.25) is 0 Å². The number of ether oxygens (including phenoxy) is 1. The van der Waals surface area contributed by atoms with Crippen molar-refractivity contribution in [3.8, 4) is 0 Å². The van der Waals surface area contributed by atoms with Crippen molar-refractivity contribution < 1.29 is 9.53 Å². The van der Waals surface area contributed by atoms with Gasteiger partial charge in [0, 0.05) is 26.1 Å². The number of carbonyl (C=O) groups excluding carboxylic acids is 1. The molecule has 3 heterocycles. The van der Waals surface area contributed by atoms with Gasteiger partial charge in [0.25, 0.3) is 0 Å². The fraction of sp³-hybridized carbons (Fsp3) is 0.786. The maximum atomic E-state index is 12.3. The molecular weight excluding hydrogens is 270 g/mol. The summed E-state index contributed by atoms with van der Waals surface area (Å²) in [4.78, 5) is 14.2. The van der Waals surface area contributed by atoms with Gasteiger partial charge in [-0.05, 0) is 19.8 Å². The third-order valence-corrected chi connectivity index (χ3v) is 4.20. The van der Waals surface area contributed by atoms with Crippen LogP contribution < -0.4 is 5.32 Å². The number of hydrogen-bond acceptors (Lipinski definition) is 5. The van der Waals surface area contributed by atoms with E-state index in [0.717, 1.165) is 24.6 Å².